The maximum Gasteiger partial charge on any atom is 0.161 e. The molecular formula is C14H20O2. The predicted octanol–water partition coefficient (Wildman–Crippen LogP) is 3.25. The number of ketones is 1. The Balaban J connectivity index is 4.60. The molecule has 0 N–H and O–H groups in total. The predicted molar refractivity (Wildman–Crippen MR) is 67.2 cm³/mol. The molecule has 0 aromatic carbocycles. The molecule has 16 heavy (non-hydrogen) atoms. The molecule has 0 aliphatic carbocycles. The van der Waals surface area contributed by atoms with Gasteiger partial charge < -0.3 is 0 Å². The van der Waals surface area contributed by atoms with E-state index in [0.29, 0.717) is 12.0 Å². The van der Waals surface area contributed by atoms with Gasteiger partial charge in [-0.1, -0.05) is 38.2 Å². The number of rotatable bonds is 6. The molecule has 0 unspecified atom stereocenters. The van der Waals surface area contributed by atoms with E-state index in [0.717, 1.165) is 11.9 Å². The van der Waals surface area contributed by atoms with E-state index in [1.54, 1.807) is 25.2 Å². The molecule has 0 rings (SSSR count). The van der Waals surface area contributed by atoms with Crippen LogP contribution in [-0.4, -0.2) is 12.1 Å². The minimum atomic E-state index is -0.476. The first-order valence-corrected chi connectivity index (χ1v) is 5.29. The summed E-state index contributed by atoms with van der Waals surface area (Å²) in [5, 5.41) is 0. The Hall–Kier alpha value is -1.44. The topological polar surface area (TPSA) is 34.1 Å². The van der Waals surface area contributed by atoms with Crippen molar-refractivity contribution in [2.24, 2.45) is 5.41 Å². The minimum absolute atomic E-state index is 0.0467. The summed E-state index contributed by atoms with van der Waals surface area (Å²) in [4.78, 5) is 22.3. The average Bonchev–Trinajstić information content (AvgIpc) is 2.22. The van der Waals surface area contributed by atoms with Crippen molar-refractivity contribution >= 4 is 12.1 Å². The van der Waals surface area contributed by atoms with E-state index < -0.39 is 5.41 Å². The number of aldehydes is 1. The fraction of sp³-hybridized carbons (Fsp3) is 0.429. The maximum absolute atomic E-state index is 11.8. The second-order valence-electron chi connectivity index (χ2n) is 4.70. The van der Waals surface area contributed by atoms with Gasteiger partial charge in [0.25, 0.3) is 0 Å². The molecule has 0 aliphatic rings. The summed E-state index contributed by atoms with van der Waals surface area (Å²) < 4.78 is 0. The average molecular weight is 220 g/mol. The highest BCUT2D eigenvalue weighted by Crippen LogP contribution is 2.23. The molecular weight excluding hydrogens is 200 g/mol. The van der Waals surface area contributed by atoms with Crippen LogP contribution >= 0.6 is 0 Å². The van der Waals surface area contributed by atoms with Crippen LogP contribution in [0.5, 0.6) is 0 Å². The molecule has 2 heteroatoms. The summed E-state index contributed by atoms with van der Waals surface area (Å²) in [6.07, 6.45) is 6.41. The van der Waals surface area contributed by atoms with Gasteiger partial charge >= 0.3 is 0 Å². The van der Waals surface area contributed by atoms with Crippen LogP contribution in [0.3, 0.4) is 0 Å². The van der Waals surface area contributed by atoms with E-state index in [2.05, 4.69) is 6.58 Å². The van der Waals surface area contributed by atoms with Crippen molar-refractivity contribution in [1.82, 2.24) is 0 Å². The Labute approximate surface area is 97.7 Å². The van der Waals surface area contributed by atoms with Crippen LogP contribution in [0.2, 0.25) is 0 Å². The number of hydrogen-bond acceptors (Lipinski definition) is 2. The highest BCUT2D eigenvalue weighted by Gasteiger charge is 2.23. The standard InChI is InChI=1S/C14H20O2/c1-11(2)6-7-13(16)14(4,5)9-8-12(3)10-15/h6-8,10H,1,9H2,2-5H3. The van der Waals surface area contributed by atoms with Crippen molar-refractivity contribution in [2.75, 3.05) is 0 Å². The van der Waals surface area contributed by atoms with Gasteiger partial charge in [0.05, 0.1) is 0 Å². The second kappa shape index (κ2) is 6.21. The lowest BCUT2D eigenvalue weighted by molar-refractivity contribution is -0.122. The lowest BCUT2D eigenvalue weighted by atomic mass is 9.83. The third-order valence-electron chi connectivity index (χ3n) is 2.31. The van der Waals surface area contributed by atoms with Gasteiger partial charge in [-0.15, -0.1) is 0 Å². The van der Waals surface area contributed by atoms with Gasteiger partial charge in [-0.3, -0.25) is 9.59 Å². The zero-order valence-corrected chi connectivity index (χ0v) is 10.5. The molecule has 0 amide bonds. The quantitative estimate of drug-likeness (QED) is 0.391. The third kappa shape index (κ3) is 5.44. The van der Waals surface area contributed by atoms with Gasteiger partial charge in [0.15, 0.2) is 5.78 Å². The smallest absolute Gasteiger partial charge is 0.161 e. The molecule has 0 saturated carbocycles. The molecule has 0 radical (unpaired) electrons. The first-order chi connectivity index (χ1) is 7.29. The Morgan fingerprint density at radius 3 is 2.25 bits per heavy atom. The monoisotopic (exact) mass is 220 g/mol. The molecule has 0 fully saturated rings. The lowest BCUT2D eigenvalue weighted by Crippen LogP contribution is -2.21. The van der Waals surface area contributed by atoms with Crippen LogP contribution in [-0.2, 0) is 9.59 Å². The van der Waals surface area contributed by atoms with Gasteiger partial charge in [-0.05, 0) is 31.9 Å². The van der Waals surface area contributed by atoms with Crippen molar-refractivity contribution in [3.05, 3.63) is 36.0 Å². The molecule has 0 heterocycles. The van der Waals surface area contributed by atoms with Crippen molar-refractivity contribution in [3.63, 3.8) is 0 Å². The molecule has 0 bridgehead atoms. The van der Waals surface area contributed by atoms with Crippen molar-refractivity contribution < 1.29 is 9.59 Å². The van der Waals surface area contributed by atoms with Gasteiger partial charge in [-0.25, -0.2) is 0 Å². The van der Waals surface area contributed by atoms with Crippen LogP contribution in [0, 0.1) is 5.41 Å². The zero-order chi connectivity index (χ0) is 12.8. The number of allylic oxidation sites excluding steroid dienone is 5. The maximum atomic E-state index is 11.8. The van der Waals surface area contributed by atoms with Crippen molar-refractivity contribution in [3.8, 4) is 0 Å². The van der Waals surface area contributed by atoms with Crippen LogP contribution < -0.4 is 0 Å². The van der Waals surface area contributed by atoms with E-state index in [4.69, 9.17) is 0 Å². The van der Waals surface area contributed by atoms with E-state index in [-0.39, 0.29) is 5.78 Å². The Kier molecular flexibility index (Phi) is 5.65. The Bertz CT molecular complexity index is 344. The van der Waals surface area contributed by atoms with E-state index in [1.165, 1.54) is 0 Å². The van der Waals surface area contributed by atoms with Gasteiger partial charge in [0.2, 0.25) is 0 Å². The molecule has 0 aromatic heterocycles. The number of hydrogen-bond donors (Lipinski definition) is 0. The summed E-state index contributed by atoms with van der Waals surface area (Å²) >= 11 is 0. The Morgan fingerprint density at radius 2 is 1.81 bits per heavy atom. The lowest BCUT2D eigenvalue weighted by Gasteiger charge is -2.19. The SMILES string of the molecule is C=C(C)C=CC(=O)C(C)(C)CC=C(C)C=O. The fourth-order valence-electron chi connectivity index (χ4n) is 1.01. The molecule has 0 aromatic rings. The summed E-state index contributed by atoms with van der Waals surface area (Å²) in [5.41, 5.74) is 1.03. The highest BCUT2D eigenvalue weighted by atomic mass is 16.1. The minimum Gasteiger partial charge on any atom is -0.298 e. The summed E-state index contributed by atoms with van der Waals surface area (Å²) in [5.74, 6) is 0.0467. The van der Waals surface area contributed by atoms with Crippen molar-refractivity contribution in [1.29, 1.82) is 0 Å². The first-order valence-electron chi connectivity index (χ1n) is 5.29. The first kappa shape index (κ1) is 14.6. The Morgan fingerprint density at radius 1 is 1.25 bits per heavy atom. The molecule has 0 spiro atoms. The summed E-state index contributed by atoms with van der Waals surface area (Å²) in [7, 11) is 0. The molecule has 2 nitrogen and oxygen atoms in total. The zero-order valence-electron chi connectivity index (χ0n) is 10.5. The second-order valence-corrected chi connectivity index (χ2v) is 4.70. The summed E-state index contributed by atoms with van der Waals surface area (Å²) in [6.45, 7) is 11.0. The molecule has 0 atom stereocenters. The fourth-order valence-corrected chi connectivity index (χ4v) is 1.01. The normalized spacial score (nSPS) is 12.9. The third-order valence-corrected chi connectivity index (χ3v) is 2.31. The van der Waals surface area contributed by atoms with E-state index in [1.807, 2.05) is 20.8 Å². The number of carbonyl (C=O) groups excluding carboxylic acids is 2. The molecule has 88 valence electrons. The van der Waals surface area contributed by atoms with Crippen LogP contribution in [0.1, 0.15) is 34.1 Å². The van der Waals surface area contributed by atoms with Gasteiger partial charge in [0, 0.05) is 5.41 Å². The van der Waals surface area contributed by atoms with Gasteiger partial charge in [0.1, 0.15) is 6.29 Å². The number of carbonyl (C=O) groups is 2. The van der Waals surface area contributed by atoms with Crippen molar-refractivity contribution in [2.45, 2.75) is 34.1 Å². The van der Waals surface area contributed by atoms with E-state index >= 15 is 0 Å². The van der Waals surface area contributed by atoms with E-state index in [9.17, 15) is 9.59 Å². The summed E-state index contributed by atoms with van der Waals surface area (Å²) in [6, 6.07) is 0. The van der Waals surface area contributed by atoms with Gasteiger partial charge in [-0.2, -0.15) is 0 Å². The molecule has 0 saturated heterocycles. The highest BCUT2D eigenvalue weighted by molar-refractivity contribution is 5.94. The van der Waals surface area contributed by atoms with Crippen LogP contribution in [0.15, 0.2) is 36.0 Å². The largest absolute Gasteiger partial charge is 0.298 e. The van der Waals surface area contributed by atoms with Crippen LogP contribution in [0.25, 0.3) is 0 Å². The molecule has 0 aliphatic heterocycles. The van der Waals surface area contributed by atoms with Crippen LogP contribution in [0.4, 0.5) is 0 Å².